The van der Waals surface area contributed by atoms with Crippen LogP contribution in [0.25, 0.3) is 10.9 Å². The van der Waals surface area contributed by atoms with Gasteiger partial charge in [-0.05, 0) is 55.0 Å². The van der Waals surface area contributed by atoms with E-state index in [2.05, 4.69) is 47.9 Å². The Morgan fingerprint density at radius 2 is 1.81 bits per heavy atom. The molecule has 0 unspecified atom stereocenters. The quantitative estimate of drug-likeness (QED) is 0.322. The Morgan fingerprint density at radius 1 is 1.03 bits per heavy atom. The van der Waals surface area contributed by atoms with Crippen LogP contribution in [0.15, 0.2) is 51.4 Å². The van der Waals surface area contributed by atoms with Crippen LogP contribution in [0.3, 0.4) is 0 Å². The summed E-state index contributed by atoms with van der Waals surface area (Å²) >= 11 is 6.83. The van der Waals surface area contributed by atoms with E-state index >= 15 is 0 Å². The summed E-state index contributed by atoms with van der Waals surface area (Å²) < 4.78 is 7.91. The molecule has 1 aromatic heterocycles. The lowest BCUT2D eigenvalue weighted by Gasteiger charge is -2.13. The van der Waals surface area contributed by atoms with E-state index < -0.39 is 17.7 Å². The van der Waals surface area contributed by atoms with Crippen molar-refractivity contribution in [1.29, 1.82) is 0 Å². The van der Waals surface area contributed by atoms with Crippen molar-refractivity contribution in [1.82, 2.24) is 9.99 Å². The lowest BCUT2D eigenvalue weighted by atomic mass is 10.2. The van der Waals surface area contributed by atoms with E-state index in [1.807, 2.05) is 25.1 Å². The molecule has 3 rings (SSSR count). The average Bonchev–Trinajstić information content (AvgIpc) is 3.08. The van der Waals surface area contributed by atoms with Gasteiger partial charge in [0.1, 0.15) is 5.69 Å². The van der Waals surface area contributed by atoms with E-state index in [0.29, 0.717) is 16.6 Å². The summed E-state index contributed by atoms with van der Waals surface area (Å²) in [4.78, 5) is 37.5. The minimum Gasteiger partial charge on any atom is -0.383 e. The van der Waals surface area contributed by atoms with E-state index in [4.69, 9.17) is 4.74 Å². The summed E-state index contributed by atoms with van der Waals surface area (Å²) in [5, 5.41) is 5.99. The maximum absolute atomic E-state index is 13.0. The van der Waals surface area contributed by atoms with E-state index in [1.54, 1.807) is 24.3 Å². The Hall–Kier alpha value is -2.69. The Labute approximate surface area is 195 Å². The third-order valence-corrected chi connectivity index (χ3v) is 5.81. The molecule has 0 aliphatic heterocycles. The van der Waals surface area contributed by atoms with Gasteiger partial charge in [-0.1, -0.05) is 31.9 Å². The van der Waals surface area contributed by atoms with Crippen LogP contribution in [0.5, 0.6) is 0 Å². The number of ether oxygens (including phenoxy) is 1. The smallest absolute Gasteiger partial charge is 0.328 e. The molecule has 3 N–H and O–H groups in total. The highest BCUT2D eigenvalue weighted by atomic mass is 79.9. The lowest BCUT2D eigenvalue weighted by molar-refractivity contribution is -0.136. The largest absolute Gasteiger partial charge is 0.383 e. The van der Waals surface area contributed by atoms with Gasteiger partial charge in [0, 0.05) is 33.7 Å². The normalized spacial score (nSPS) is 10.7. The van der Waals surface area contributed by atoms with Gasteiger partial charge in [-0.3, -0.25) is 19.8 Å². The first-order chi connectivity index (χ1) is 14.8. The molecule has 0 fully saturated rings. The van der Waals surface area contributed by atoms with Crippen molar-refractivity contribution in [3.63, 3.8) is 0 Å². The van der Waals surface area contributed by atoms with Gasteiger partial charge in [-0.25, -0.2) is 4.68 Å². The number of aromatic nitrogens is 1. The van der Waals surface area contributed by atoms with Crippen molar-refractivity contribution < 1.29 is 19.1 Å². The highest BCUT2D eigenvalue weighted by molar-refractivity contribution is 9.10. The fraction of sp³-hybridized carbons (Fsp3) is 0.190. The van der Waals surface area contributed by atoms with Crippen LogP contribution in [-0.2, 0) is 14.3 Å². The molecular formula is C21H20Br2N4O4. The molecule has 10 heteroatoms. The van der Waals surface area contributed by atoms with Crippen molar-refractivity contribution in [2.45, 2.75) is 6.92 Å². The Morgan fingerprint density at radius 3 is 2.52 bits per heavy atom. The molecule has 0 radical (unpaired) electrons. The van der Waals surface area contributed by atoms with Gasteiger partial charge < -0.3 is 15.4 Å². The molecule has 0 aliphatic carbocycles. The number of halogens is 2. The molecule has 162 valence electrons. The summed E-state index contributed by atoms with van der Waals surface area (Å²) in [5.74, 6) is -2.16. The van der Waals surface area contributed by atoms with Crippen LogP contribution in [-0.4, -0.2) is 42.7 Å². The van der Waals surface area contributed by atoms with E-state index in [0.717, 1.165) is 14.5 Å². The molecule has 0 saturated heterocycles. The van der Waals surface area contributed by atoms with Crippen LogP contribution >= 0.6 is 31.9 Å². The van der Waals surface area contributed by atoms with Gasteiger partial charge in [-0.2, -0.15) is 0 Å². The number of benzene rings is 2. The summed E-state index contributed by atoms with van der Waals surface area (Å²) in [5.41, 5.74) is 4.81. The molecular weight excluding hydrogens is 532 g/mol. The molecule has 3 aromatic rings. The molecule has 1 heterocycles. The first-order valence-corrected chi connectivity index (χ1v) is 10.9. The average molecular weight is 552 g/mol. The fourth-order valence-electron chi connectivity index (χ4n) is 2.89. The van der Waals surface area contributed by atoms with Crippen LogP contribution in [0.2, 0.25) is 0 Å². The Balaban J connectivity index is 1.91. The zero-order valence-corrected chi connectivity index (χ0v) is 20.0. The fourth-order valence-corrected chi connectivity index (χ4v) is 3.52. The number of hydrogen-bond acceptors (Lipinski definition) is 4. The number of anilines is 1. The first-order valence-electron chi connectivity index (χ1n) is 9.27. The number of nitrogens with zero attached hydrogens (tertiary/aromatic N) is 1. The highest BCUT2D eigenvalue weighted by Gasteiger charge is 2.21. The number of fused-ring (bicyclic) bond motifs is 1. The number of rotatable bonds is 6. The topological polar surface area (TPSA) is 101 Å². The van der Waals surface area contributed by atoms with Crippen LogP contribution < -0.4 is 16.1 Å². The number of carbonyl (C=O) groups excluding carboxylic acids is 3. The van der Waals surface area contributed by atoms with Gasteiger partial charge in [0.25, 0.3) is 5.91 Å². The number of amides is 3. The number of methoxy groups -OCH3 is 1. The monoisotopic (exact) mass is 550 g/mol. The van der Waals surface area contributed by atoms with Crippen molar-refractivity contribution >= 4 is 66.2 Å². The molecule has 0 aliphatic rings. The maximum Gasteiger partial charge on any atom is 0.328 e. The molecule has 0 atom stereocenters. The molecule has 31 heavy (non-hydrogen) atoms. The zero-order chi connectivity index (χ0) is 22.5. The first kappa shape index (κ1) is 23.0. The molecule has 0 bridgehead atoms. The predicted octanol–water partition coefficient (Wildman–Crippen LogP) is 3.56. The van der Waals surface area contributed by atoms with Crippen molar-refractivity contribution in [2.24, 2.45) is 0 Å². The summed E-state index contributed by atoms with van der Waals surface area (Å²) in [6.45, 7) is 2.38. The van der Waals surface area contributed by atoms with Crippen LogP contribution in [0.1, 0.15) is 16.1 Å². The van der Waals surface area contributed by atoms with E-state index in [9.17, 15) is 14.4 Å². The van der Waals surface area contributed by atoms with E-state index in [1.165, 1.54) is 11.8 Å². The Kier molecular flexibility index (Phi) is 7.47. The van der Waals surface area contributed by atoms with Gasteiger partial charge in [-0.15, -0.1) is 0 Å². The molecule has 2 aromatic carbocycles. The minimum absolute atomic E-state index is 0.173. The van der Waals surface area contributed by atoms with Crippen LogP contribution in [0, 0.1) is 6.92 Å². The second kappa shape index (κ2) is 10.1. The lowest BCUT2D eigenvalue weighted by Crippen LogP contribution is -2.40. The summed E-state index contributed by atoms with van der Waals surface area (Å²) in [6, 6.07) is 12.4. The van der Waals surface area contributed by atoms with Gasteiger partial charge in [0.15, 0.2) is 0 Å². The third-order valence-electron chi connectivity index (χ3n) is 4.42. The van der Waals surface area contributed by atoms with Crippen LogP contribution in [0.4, 0.5) is 5.69 Å². The number of hydrogen-bond donors (Lipinski definition) is 3. The Bertz CT molecular complexity index is 1160. The van der Waals surface area contributed by atoms with E-state index in [-0.39, 0.29) is 18.8 Å². The van der Waals surface area contributed by atoms with Crippen molar-refractivity contribution in [3.8, 4) is 0 Å². The molecule has 0 saturated carbocycles. The highest BCUT2D eigenvalue weighted by Crippen LogP contribution is 2.25. The number of carbonyl (C=O) groups is 3. The second-order valence-corrected chi connectivity index (χ2v) is 8.45. The van der Waals surface area contributed by atoms with Gasteiger partial charge in [0.05, 0.1) is 12.1 Å². The SMILES string of the molecule is COCCNC(=O)C(=O)Nn1c(C(=O)Nc2ccc(Br)c(C)c2)cc2cc(Br)ccc21. The van der Waals surface area contributed by atoms with Gasteiger partial charge >= 0.3 is 11.8 Å². The molecule has 8 nitrogen and oxygen atoms in total. The van der Waals surface area contributed by atoms with Gasteiger partial charge in [0.2, 0.25) is 0 Å². The third kappa shape index (κ3) is 5.52. The van der Waals surface area contributed by atoms with Crippen molar-refractivity contribution in [3.05, 3.63) is 62.7 Å². The summed E-state index contributed by atoms with van der Waals surface area (Å²) in [6.07, 6.45) is 0. The maximum atomic E-state index is 13.0. The standard InChI is InChI=1S/C21H20Br2N4O4/c1-12-9-15(4-5-16(12)23)25-19(28)18-11-13-10-14(22)3-6-17(13)27(18)26-21(30)20(29)24-7-8-31-2/h3-6,9-11H,7-8H2,1-2H3,(H,24,29)(H,25,28)(H,26,30). The summed E-state index contributed by atoms with van der Waals surface area (Å²) in [7, 11) is 1.49. The molecule has 3 amide bonds. The predicted molar refractivity (Wildman–Crippen MR) is 126 cm³/mol. The van der Waals surface area contributed by atoms with Crippen molar-refractivity contribution in [2.75, 3.05) is 31.0 Å². The number of aryl methyl sites for hydroxylation is 1. The minimum atomic E-state index is -0.898. The zero-order valence-electron chi connectivity index (χ0n) is 16.8. The number of nitrogens with one attached hydrogen (secondary N) is 3. The second-order valence-electron chi connectivity index (χ2n) is 6.68. The molecule has 0 spiro atoms.